The summed E-state index contributed by atoms with van der Waals surface area (Å²) in [6.45, 7) is 14.1. The van der Waals surface area contributed by atoms with E-state index in [1.807, 2.05) is 17.0 Å². The Balaban J connectivity index is 2.08. The number of hydrogen-bond acceptors (Lipinski definition) is 3. The van der Waals surface area contributed by atoms with Gasteiger partial charge in [0, 0.05) is 32.0 Å². The molecule has 1 aliphatic rings. The molecule has 0 aliphatic carbocycles. The first kappa shape index (κ1) is 19.0. The van der Waals surface area contributed by atoms with Crippen molar-refractivity contribution in [1.82, 2.24) is 4.90 Å². The maximum absolute atomic E-state index is 12.3. The zero-order valence-electron chi connectivity index (χ0n) is 16.1. The highest BCUT2D eigenvalue weighted by Crippen LogP contribution is 2.38. The molecule has 4 heteroatoms. The maximum Gasteiger partial charge on any atom is 0.219 e. The summed E-state index contributed by atoms with van der Waals surface area (Å²) in [7, 11) is 0. The van der Waals surface area contributed by atoms with Crippen LogP contribution in [-0.4, -0.2) is 35.6 Å². The fraction of sp³-hybridized carbons (Fsp3) is 0.750. The van der Waals surface area contributed by atoms with Crippen molar-refractivity contribution in [1.29, 1.82) is 0 Å². The molecule has 2 atom stereocenters. The molecule has 1 aromatic rings. The van der Waals surface area contributed by atoms with Crippen LogP contribution in [0.15, 0.2) is 22.8 Å². The molecule has 1 amide bonds. The number of furan rings is 1. The Bertz CT molecular complexity index is 528. The average molecular weight is 335 g/mol. The van der Waals surface area contributed by atoms with E-state index in [2.05, 4.69) is 34.6 Å². The van der Waals surface area contributed by atoms with Crippen molar-refractivity contribution in [2.75, 3.05) is 13.2 Å². The van der Waals surface area contributed by atoms with E-state index in [0.29, 0.717) is 5.92 Å². The molecule has 2 rings (SSSR count). The zero-order valence-corrected chi connectivity index (χ0v) is 16.1. The Hall–Kier alpha value is -1.29. The molecule has 1 fully saturated rings. The molecule has 24 heavy (non-hydrogen) atoms. The summed E-state index contributed by atoms with van der Waals surface area (Å²) in [5.41, 5.74) is -0.0592. The molecule has 2 heterocycles. The van der Waals surface area contributed by atoms with Crippen molar-refractivity contribution < 1.29 is 13.9 Å². The molecule has 0 bridgehead atoms. The molecule has 1 saturated heterocycles. The Labute approximate surface area is 146 Å². The van der Waals surface area contributed by atoms with Gasteiger partial charge in [-0.3, -0.25) is 4.79 Å². The van der Waals surface area contributed by atoms with Gasteiger partial charge in [-0.2, -0.15) is 0 Å². The lowest BCUT2D eigenvalue weighted by Crippen LogP contribution is -2.48. The van der Waals surface area contributed by atoms with Gasteiger partial charge in [0.25, 0.3) is 0 Å². The first-order valence-electron chi connectivity index (χ1n) is 9.05. The van der Waals surface area contributed by atoms with E-state index < -0.39 is 0 Å². The van der Waals surface area contributed by atoms with Crippen LogP contribution in [0, 0.1) is 5.41 Å². The smallest absolute Gasteiger partial charge is 0.219 e. The van der Waals surface area contributed by atoms with Crippen molar-refractivity contribution in [3.8, 4) is 0 Å². The van der Waals surface area contributed by atoms with Gasteiger partial charge in [-0.05, 0) is 50.7 Å². The highest BCUT2D eigenvalue weighted by Gasteiger charge is 2.35. The fourth-order valence-corrected chi connectivity index (χ4v) is 3.82. The number of carbonyl (C=O) groups excluding carboxylic acids is 1. The summed E-state index contributed by atoms with van der Waals surface area (Å²) in [4.78, 5) is 14.3. The van der Waals surface area contributed by atoms with E-state index in [9.17, 15) is 4.79 Å². The van der Waals surface area contributed by atoms with Crippen LogP contribution in [0.1, 0.15) is 72.5 Å². The highest BCUT2D eigenvalue weighted by atomic mass is 16.5. The maximum atomic E-state index is 12.3. The van der Waals surface area contributed by atoms with Gasteiger partial charge in [0.15, 0.2) is 0 Å². The second-order valence-electron chi connectivity index (χ2n) is 8.69. The molecule has 0 spiro atoms. The van der Waals surface area contributed by atoms with E-state index in [4.69, 9.17) is 9.15 Å². The third-order valence-corrected chi connectivity index (χ3v) is 5.11. The van der Waals surface area contributed by atoms with Gasteiger partial charge in [0.1, 0.15) is 5.76 Å². The van der Waals surface area contributed by atoms with Crippen LogP contribution < -0.4 is 0 Å². The first-order valence-corrected chi connectivity index (χ1v) is 9.05. The molecular weight excluding hydrogens is 302 g/mol. The predicted molar refractivity (Wildman–Crippen MR) is 96.0 cm³/mol. The van der Waals surface area contributed by atoms with Crippen LogP contribution in [0.5, 0.6) is 0 Å². The lowest BCUT2D eigenvalue weighted by Gasteiger charge is -2.42. The molecule has 1 aromatic heterocycles. The van der Waals surface area contributed by atoms with Crippen LogP contribution in [-0.2, 0) is 9.53 Å². The van der Waals surface area contributed by atoms with Gasteiger partial charge in [0.2, 0.25) is 5.91 Å². The summed E-state index contributed by atoms with van der Waals surface area (Å²) in [5, 5.41) is 0. The van der Waals surface area contributed by atoms with Crippen LogP contribution in [0.25, 0.3) is 0 Å². The number of nitrogens with zero attached hydrogens (tertiary/aromatic N) is 1. The van der Waals surface area contributed by atoms with Gasteiger partial charge >= 0.3 is 0 Å². The standard InChI is InChI=1S/C20H33NO3/c1-15(22)21(16-10-13-24-20(5,6)14-16)11-9-17(19(2,3)4)18-8-7-12-23-18/h7-8,12,16-17H,9-11,13-14H2,1-6H3/t16-,17+/m1/s1. The second kappa shape index (κ2) is 7.30. The molecule has 0 radical (unpaired) electrons. The number of carbonyl (C=O) groups is 1. The summed E-state index contributed by atoms with van der Waals surface area (Å²) in [5.74, 6) is 1.46. The van der Waals surface area contributed by atoms with Crippen molar-refractivity contribution in [3.05, 3.63) is 24.2 Å². The summed E-state index contributed by atoms with van der Waals surface area (Å²) < 4.78 is 11.5. The number of hydrogen-bond donors (Lipinski definition) is 0. The topological polar surface area (TPSA) is 42.7 Å². The number of amides is 1. The van der Waals surface area contributed by atoms with Gasteiger partial charge < -0.3 is 14.1 Å². The predicted octanol–water partition coefficient (Wildman–Crippen LogP) is 4.61. The molecule has 136 valence electrons. The average Bonchev–Trinajstić information content (AvgIpc) is 2.94. The quantitative estimate of drug-likeness (QED) is 0.789. The number of rotatable bonds is 5. The van der Waals surface area contributed by atoms with E-state index in [0.717, 1.165) is 38.2 Å². The van der Waals surface area contributed by atoms with Crippen LogP contribution in [0.3, 0.4) is 0 Å². The molecule has 1 aliphatic heterocycles. The van der Waals surface area contributed by atoms with E-state index in [1.54, 1.807) is 13.2 Å². The lowest BCUT2D eigenvalue weighted by atomic mass is 9.77. The first-order chi connectivity index (χ1) is 11.1. The number of ether oxygens (including phenoxy) is 1. The minimum atomic E-state index is -0.152. The second-order valence-corrected chi connectivity index (χ2v) is 8.69. The molecule has 0 N–H and O–H groups in total. The van der Waals surface area contributed by atoms with Gasteiger partial charge in [-0.25, -0.2) is 0 Å². The normalized spacial score (nSPS) is 22.2. The van der Waals surface area contributed by atoms with Crippen molar-refractivity contribution >= 4 is 5.91 Å². The van der Waals surface area contributed by atoms with Crippen LogP contribution in [0.2, 0.25) is 0 Å². The monoisotopic (exact) mass is 335 g/mol. The van der Waals surface area contributed by atoms with Gasteiger partial charge in [-0.15, -0.1) is 0 Å². The molecule has 0 aromatic carbocycles. The zero-order chi connectivity index (χ0) is 18.0. The van der Waals surface area contributed by atoms with Crippen LogP contribution in [0.4, 0.5) is 0 Å². The Morgan fingerprint density at radius 3 is 2.62 bits per heavy atom. The van der Waals surface area contributed by atoms with Gasteiger partial charge in [-0.1, -0.05) is 20.8 Å². The van der Waals surface area contributed by atoms with Crippen molar-refractivity contribution in [2.24, 2.45) is 5.41 Å². The highest BCUT2D eigenvalue weighted by molar-refractivity contribution is 5.73. The fourth-order valence-electron chi connectivity index (χ4n) is 3.82. The summed E-state index contributed by atoms with van der Waals surface area (Å²) in [6.07, 6.45) is 4.46. The minimum absolute atomic E-state index is 0.0925. The Kier molecular flexibility index (Phi) is 5.79. The van der Waals surface area contributed by atoms with E-state index in [-0.39, 0.29) is 23.0 Å². The van der Waals surface area contributed by atoms with Crippen LogP contribution >= 0.6 is 0 Å². The van der Waals surface area contributed by atoms with Gasteiger partial charge in [0.05, 0.1) is 11.9 Å². The molecular formula is C20H33NO3. The van der Waals surface area contributed by atoms with E-state index in [1.165, 1.54) is 0 Å². The SMILES string of the molecule is CC(=O)N(CC[C@@H](c1ccco1)C(C)(C)C)[C@@H]1CCOC(C)(C)C1. The summed E-state index contributed by atoms with van der Waals surface area (Å²) >= 11 is 0. The minimum Gasteiger partial charge on any atom is -0.469 e. The third kappa shape index (κ3) is 4.85. The molecule has 0 saturated carbocycles. The Morgan fingerprint density at radius 2 is 2.12 bits per heavy atom. The lowest BCUT2D eigenvalue weighted by molar-refractivity contribution is -0.138. The third-order valence-electron chi connectivity index (χ3n) is 5.11. The molecule has 0 unspecified atom stereocenters. The van der Waals surface area contributed by atoms with Crippen molar-refractivity contribution in [2.45, 2.75) is 78.4 Å². The van der Waals surface area contributed by atoms with Crippen molar-refractivity contribution in [3.63, 3.8) is 0 Å². The van der Waals surface area contributed by atoms with E-state index >= 15 is 0 Å². The largest absolute Gasteiger partial charge is 0.469 e. The summed E-state index contributed by atoms with van der Waals surface area (Å²) in [6, 6.07) is 4.26. The Morgan fingerprint density at radius 1 is 1.42 bits per heavy atom. The molecule has 4 nitrogen and oxygen atoms in total.